The van der Waals surface area contributed by atoms with Crippen LogP contribution in [-0.2, 0) is 6.42 Å². The van der Waals surface area contributed by atoms with Gasteiger partial charge in [0.1, 0.15) is 0 Å². The number of guanidine groups is 1. The molecular weight excluding hydrogens is 495 g/mol. The zero-order chi connectivity index (χ0) is 20.8. The van der Waals surface area contributed by atoms with E-state index in [4.69, 9.17) is 14.2 Å². The van der Waals surface area contributed by atoms with E-state index in [1.165, 1.54) is 22.0 Å². The molecule has 0 radical (unpaired) electrons. The number of rotatable bonds is 7. The first kappa shape index (κ1) is 23.7. The van der Waals surface area contributed by atoms with Crippen molar-refractivity contribution < 1.29 is 14.2 Å². The summed E-state index contributed by atoms with van der Waals surface area (Å²) in [6, 6.07) is 10.0. The van der Waals surface area contributed by atoms with Gasteiger partial charge in [-0.1, -0.05) is 18.2 Å². The molecule has 3 N–H and O–H groups in total. The van der Waals surface area contributed by atoms with Crippen LogP contribution in [0, 0.1) is 6.92 Å². The summed E-state index contributed by atoms with van der Waals surface area (Å²) >= 11 is 0. The highest BCUT2D eigenvalue weighted by atomic mass is 127. The number of aromatic nitrogens is 1. The molecule has 0 aliphatic rings. The van der Waals surface area contributed by atoms with Gasteiger partial charge in [0, 0.05) is 48.5 Å². The number of para-hydroxylation sites is 1. The second-order valence-corrected chi connectivity index (χ2v) is 6.60. The third-order valence-electron chi connectivity index (χ3n) is 4.85. The number of nitrogens with one attached hydrogen (secondary N) is 3. The maximum Gasteiger partial charge on any atom is 0.203 e. The van der Waals surface area contributed by atoms with Crippen LogP contribution >= 0.6 is 24.0 Å². The molecule has 0 amide bonds. The van der Waals surface area contributed by atoms with Crippen molar-refractivity contribution >= 4 is 46.5 Å². The monoisotopic (exact) mass is 524 g/mol. The van der Waals surface area contributed by atoms with Gasteiger partial charge in [0.2, 0.25) is 5.75 Å². The van der Waals surface area contributed by atoms with Crippen molar-refractivity contribution in [2.24, 2.45) is 4.99 Å². The van der Waals surface area contributed by atoms with E-state index >= 15 is 0 Å². The third-order valence-corrected chi connectivity index (χ3v) is 4.85. The van der Waals surface area contributed by atoms with Gasteiger partial charge in [0.05, 0.1) is 21.3 Å². The Bertz CT molecular complexity index is 992. The fourth-order valence-corrected chi connectivity index (χ4v) is 3.36. The molecule has 30 heavy (non-hydrogen) atoms. The fourth-order valence-electron chi connectivity index (χ4n) is 3.36. The molecule has 0 aliphatic carbocycles. The number of aliphatic imine (C=N–C) groups is 1. The van der Waals surface area contributed by atoms with Gasteiger partial charge in [-0.2, -0.15) is 0 Å². The molecule has 0 atom stereocenters. The van der Waals surface area contributed by atoms with Crippen LogP contribution in [0.2, 0.25) is 0 Å². The van der Waals surface area contributed by atoms with Crippen molar-refractivity contribution in [2.45, 2.75) is 13.3 Å². The zero-order valence-corrected chi connectivity index (χ0v) is 20.3. The van der Waals surface area contributed by atoms with Gasteiger partial charge in [-0.15, -0.1) is 24.0 Å². The van der Waals surface area contributed by atoms with Crippen LogP contribution in [0.25, 0.3) is 10.9 Å². The Labute approximate surface area is 194 Å². The average Bonchev–Trinajstić information content (AvgIpc) is 3.16. The van der Waals surface area contributed by atoms with E-state index in [1.54, 1.807) is 28.4 Å². The van der Waals surface area contributed by atoms with Gasteiger partial charge < -0.3 is 29.8 Å². The van der Waals surface area contributed by atoms with Crippen molar-refractivity contribution in [3.05, 3.63) is 47.7 Å². The molecule has 3 rings (SSSR count). The second-order valence-electron chi connectivity index (χ2n) is 6.60. The quantitative estimate of drug-likeness (QED) is 0.243. The van der Waals surface area contributed by atoms with Gasteiger partial charge in [0.25, 0.3) is 0 Å². The number of halogens is 1. The van der Waals surface area contributed by atoms with E-state index in [0.717, 1.165) is 18.7 Å². The third kappa shape index (κ3) is 5.10. The van der Waals surface area contributed by atoms with E-state index in [9.17, 15) is 0 Å². The largest absolute Gasteiger partial charge is 0.493 e. The molecule has 0 unspecified atom stereocenters. The molecule has 0 spiro atoms. The molecule has 1 heterocycles. The van der Waals surface area contributed by atoms with Crippen LogP contribution in [0.15, 0.2) is 41.5 Å². The Kier molecular flexibility index (Phi) is 8.64. The first-order chi connectivity index (χ1) is 14.1. The van der Waals surface area contributed by atoms with Crippen molar-refractivity contribution in [3.63, 3.8) is 0 Å². The minimum atomic E-state index is 0. The molecule has 0 fully saturated rings. The molecule has 0 bridgehead atoms. The molecule has 1 aromatic heterocycles. The van der Waals surface area contributed by atoms with Crippen LogP contribution in [0.5, 0.6) is 17.2 Å². The average molecular weight is 524 g/mol. The number of hydrogen-bond acceptors (Lipinski definition) is 4. The van der Waals surface area contributed by atoms with E-state index in [2.05, 4.69) is 51.9 Å². The standard InChI is InChI=1S/C22H28N4O3.HI/c1-14-7-6-8-17-15(13-25-20(14)17)9-10-24-22(23-2)26-16-11-18(27-3)21(29-5)19(12-16)28-4;/h6-8,11-13,25H,9-10H2,1-5H3,(H2,23,24,26);1H. The number of fused-ring (bicyclic) bond motifs is 1. The van der Waals surface area contributed by atoms with Gasteiger partial charge in [-0.25, -0.2) is 0 Å². The maximum absolute atomic E-state index is 5.41. The van der Waals surface area contributed by atoms with Crippen LogP contribution in [0.1, 0.15) is 11.1 Å². The van der Waals surface area contributed by atoms with Crippen LogP contribution in [0.4, 0.5) is 5.69 Å². The van der Waals surface area contributed by atoms with Gasteiger partial charge in [-0.05, 0) is 24.5 Å². The normalized spacial score (nSPS) is 11.0. The molecular formula is C22H29IN4O3. The summed E-state index contributed by atoms with van der Waals surface area (Å²) < 4.78 is 16.2. The second kappa shape index (κ2) is 11.0. The number of aryl methyl sites for hydroxylation is 1. The van der Waals surface area contributed by atoms with E-state index in [0.29, 0.717) is 23.2 Å². The van der Waals surface area contributed by atoms with Gasteiger partial charge in [0.15, 0.2) is 17.5 Å². The predicted octanol–water partition coefficient (Wildman–Crippen LogP) is 4.35. The number of benzene rings is 2. The lowest BCUT2D eigenvalue weighted by Crippen LogP contribution is -2.32. The summed E-state index contributed by atoms with van der Waals surface area (Å²) in [6.45, 7) is 2.86. The number of hydrogen-bond donors (Lipinski definition) is 3. The first-order valence-electron chi connectivity index (χ1n) is 9.44. The summed E-state index contributed by atoms with van der Waals surface area (Å²) in [5.74, 6) is 2.38. The SMILES string of the molecule is CN=C(NCCc1c[nH]c2c(C)cccc12)Nc1cc(OC)c(OC)c(OC)c1.I. The molecule has 2 aromatic carbocycles. The molecule has 7 nitrogen and oxygen atoms in total. The minimum Gasteiger partial charge on any atom is -0.493 e. The summed E-state index contributed by atoms with van der Waals surface area (Å²) in [6.07, 6.45) is 2.95. The van der Waals surface area contributed by atoms with Crippen LogP contribution < -0.4 is 24.8 Å². The number of nitrogens with zero attached hydrogens (tertiary/aromatic N) is 1. The number of ether oxygens (including phenoxy) is 3. The van der Waals surface area contributed by atoms with Crippen molar-refractivity contribution in [2.75, 3.05) is 40.2 Å². The summed E-state index contributed by atoms with van der Waals surface area (Å²) in [4.78, 5) is 7.68. The van der Waals surface area contributed by atoms with E-state index in [-0.39, 0.29) is 24.0 Å². The first-order valence-corrected chi connectivity index (χ1v) is 9.44. The highest BCUT2D eigenvalue weighted by Gasteiger charge is 2.14. The number of methoxy groups -OCH3 is 3. The van der Waals surface area contributed by atoms with E-state index < -0.39 is 0 Å². The highest BCUT2D eigenvalue weighted by molar-refractivity contribution is 14.0. The number of H-pyrrole nitrogens is 1. The molecule has 162 valence electrons. The van der Waals surface area contributed by atoms with Crippen molar-refractivity contribution in [3.8, 4) is 17.2 Å². The Morgan fingerprint density at radius 2 is 1.77 bits per heavy atom. The smallest absolute Gasteiger partial charge is 0.203 e. The summed E-state index contributed by atoms with van der Waals surface area (Å²) in [7, 11) is 6.51. The van der Waals surface area contributed by atoms with E-state index in [1.807, 2.05) is 12.1 Å². The Morgan fingerprint density at radius 3 is 2.37 bits per heavy atom. The Morgan fingerprint density at radius 1 is 1.07 bits per heavy atom. The summed E-state index contributed by atoms with van der Waals surface area (Å²) in [5, 5.41) is 7.89. The van der Waals surface area contributed by atoms with Gasteiger partial charge in [-0.3, -0.25) is 4.99 Å². The zero-order valence-electron chi connectivity index (χ0n) is 18.0. The van der Waals surface area contributed by atoms with Crippen molar-refractivity contribution in [1.82, 2.24) is 10.3 Å². The minimum absolute atomic E-state index is 0. The molecule has 0 saturated carbocycles. The fraction of sp³-hybridized carbons (Fsp3) is 0.318. The predicted molar refractivity (Wildman–Crippen MR) is 133 cm³/mol. The number of anilines is 1. The molecule has 8 heteroatoms. The van der Waals surface area contributed by atoms with Crippen LogP contribution in [0.3, 0.4) is 0 Å². The lowest BCUT2D eigenvalue weighted by atomic mass is 10.1. The summed E-state index contributed by atoms with van der Waals surface area (Å²) in [5.41, 5.74) is 4.51. The number of aromatic amines is 1. The Hall–Kier alpha value is -2.62. The highest BCUT2D eigenvalue weighted by Crippen LogP contribution is 2.39. The molecule has 0 aliphatic heterocycles. The van der Waals surface area contributed by atoms with Crippen molar-refractivity contribution in [1.29, 1.82) is 0 Å². The topological polar surface area (TPSA) is 79.9 Å². The Balaban J connectivity index is 0.00000320. The van der Waals surface area contributed by atoms with Gasteiger partial charge >= 0.3 is 0 Å². The molecule has 3 aromatic rings. The lowest BCUT2D eigenvalue weighted by Gasteiger charge is -2.16. The lowest BCUT2D eigenvalue weighted by molar-refractivity contribution is 0.324. The molecule has 0 saturated heterocycles. The maximum atomic E-state index is 5.41. The van der Waals surface area contributed by atoms with Crippen LogP contribution in [-0.4, -0.2) is 45.9 Å².